The molecule has 1 amide bonds. The van der Waals surface area contributed by atoms with Gasteiger partial charge in [-0.05, 0) is 49.1 Å². The van der Waals surface area contributed by atoms with Gasteiger partial charge in [0.2, 0.25) is 0 Å². The number of ether oxygens (including phenoxy) is 2. The molecule has 1 N–H and O–H groups in total. The minimum atomic E-state index is -0.593. The fourth-order valence-electron chi connectivity index (χ4n) is 5.17. The van der Waals surface area contributed by atoms with E-state index in [0.29, 0.717) is 40.6 Å². The van der Waals surface area contributed by atoms with Crippen molar-refractivity contribution >= 4 is 16.8 Å². The van der Waals surface area contributed by atoms with Crippen molar-refractivity contribution in [2.24, 2.45) is 0 Å². The van der Waals surface area contributed by atoms with Crippen molar-refractivity contribution in [1.82, 2.24) is 14.8 Å². The number of aromatic amines is 1. The van der Waals surface area contributed by atoms with Crippen molar-refractivity contribution in [2.75, 3.05) is 46.0 Å². The fourth-order valence-corrected chi connectivity index (χ4v) is 5.17. The van der Waals surface area contributed by atoms with Crippen LogP contribution in [0, 0.1) is 5.82 Å². The lowest BCUT2D eigenvalue weighted by Gasteiger charge is -2.40. The van der Waals surface area contributed by atoms with E-state index in [1.165, 1.54) is 12.1 Å². The number of morpholine rings is 1. The summed E-state index contributed by atoms with van der Waals surface area (Å²) in [6.45, 7) is 7.41. The normalized spacial score (nSPS) is 17.4. The zero-order valence-corrected chi connectivity index (χ0v) is 20.6. The highest BCUT2D eigenvalue weighted by Gasteiger charge is 2.28. The van der Waals surface area contributed by atoms with Gasteiger partial charge in [0, 0.05) is 49.5 Å². The number of benzene rings is 2. The number of likely N-dealkylation sites (tertiary alicyclic amines) is 1. The summed E-state index contributed by atoms with van der Waals surface area (Å²) >= 11 is 0. The van der Waals surface area contributed by atoms with Crippen LogP contribution >= 0.6 is 0 Å². The molecule has 0 radical (unpaired) electrons. The molecule has 8 heteroatoms. The number of nitrogens with one attached hydrogen (secondary N) is 1. The number of fused-ring (bicyclic) bond motifs is 1. The van der Waals surface area contributed by atoms with Crippen LogP contribution in [0.3, 0.4) is 0 Å². The third kappa shape index (κ3) is 4.88. The van der Waals surface area contributed by atoms with Gasteiger partial charge < -0.3 is 19.4 Å². The van der Waals surface area contributed by atoms with E-state index in [1.54, 1.807) is 30.5 Å². The van der Waals surface area contributed by atoms with Crippen LogP contribution in [-0.2, 0) is 4.74 Å². The second kappa shape index (κ2) is 10.8. The lowest BCUT2D eigenvalue weighted by atomic mass is 10.00. The van der Waals surface area contributed by atoms with Gasteiger partial charge in [-0.3, -0.25) is 14.5 Å². The van der Waals surface area contributed by atoms with Gasteiger partial charge in [-0.2, -0.15) is 0 Å². The van der Waals surface area contributed by atoms with E-state index in [2.05, 4.69) is 9.88 Å². The predicted molar refractivity (Wildman–Crippen MR) is 137 cm³/mol. The van der Waals surface area contributed by atoms with E-state index >= 15 is 0 Å². The summed E-state index contributed by atoms with van der Waals surface area (Å²) in [6, 6.07) is 10.3. The Bertz CT molecular complexity index is 1280. The number of aromatic nitrogens is 1. The van der Waals surface area contributed by atoms with Crippen molar-refractivity contribution in [3.63, 3.8) is 0 Å². The number of carbonyl (C=O) groups is 1. The van der Waals surface area contributed by atoms with Gasteiger partial charge >= 0.3 is 0 Å². The Labute approximate surface area is 209 Å². The molecular weight excluding hydrogens is 461 g/mol. The van der Waals surface area contributed by atoms with E-state index in [1.807, 2.05) is 11.8 Å². The summed E-state index contributed by atoms with van der Waals surface area (Å²) in [4.78, 5) is 33.7. The van der Waals surface area contributed by atoms with E-state index in [-0.39, 0.29) is 11.3 Å². The average Bonchev–Trinajstić information content (AvgIpc) is 2.93. The van der Waals surface area contributed by atoms with Gasteiger partial charge in [0.1, 0.15) is 11.6 Å². The predicted octanol–water partition coefficient (Wildman–Crippen LogP) is 4.06. The molecule has 2 fully saturated rings. The summed E-state index contributed by atoms with van der Waals surface area (Å²) in [6.07, 6.45) is 4.31. The Morgan fingerprint density at radius 3 is 2.50 bits per heavy atom. The summed E-state index contributed by atoms with van der Waals surface area (Å²) in [7, 11) is 0. The number of hydrogen-bond acceptors (Lipinski definition) is 5. The zero-order valence-electron chi connectivity index (χ0n) is 20.6. The fraction of sp³-hybridized carbons (Fsp3) is 0.429. The maximum absolute atomic E-state index is 14.6. The van der Waals surface area contributed by atoms with Crippen LogP contribution in [-0.4, -0.2) is 72.7 Å². The molecule has 1 aromatic heterocycles. The quantitative estimate of drug-likeness (QED) is 0.561. The molecule has 2 saturated heterocycles. The number of carbonyl (C=O) groups excluding carboxylic acids is 1. The second-order valence-corrected chi connectivity index (χ2v) is 9.42. The van der Waals surface area contributed by atoms with Crippen LogP contribution in [0.2, 0.25) is 0 Å². The highest BCUT2D eigenvalue weighted by Crippen LogP contribution is 2.27. The molecule has 3 heterocycles. The smallest absolute Gasteiger partial charge is 0.253 e. The van der Waals surface area contributed by atoms with Crippen molar-refractivity contribution in [2.45, 2.75) is 32.2 Å². The van der Waals surface area contributed by atoms with Crippen LogP contribution in [0.1, 0.15) is 36.5 Å². The molecule has 2 aliphatic heterocycles. The van der Waals surface area contributed by atoms with Gasteiger partial charge in [0.15, 0.2) is 5.43 Å². The minimum absolute atomic E-state index is 0.00171. The first-order chi connectivity index (χ1) is 17.6. The molecule has 7 nitrogen and oxygen atoms in total. The zero-order chi connectivity index (χ0) is 25.1. The molecule has 0 saturated carbocycles. The number of H-pyrrole nitrogens is 1. The lowest BCUT2D eigenvalue weighted by Crippen LogP contribution is -2.50. The molecule has 2 aromatic carbocycles. The molecule has 0 unspecified atom stereocenters. The number of pyridine rings is 1. The standard InChI is InChI=1S/C28H32FN3O4/c1-2-15-36-24-8-7-23(29)25-26(24)30-18-22(27(25)33)19-3-5-20(6-4-19)28(34)32-11-9-21(10-12-32)31-13-16-35-17-14-31/h3-8,18,21H,2,9-17H2,1H3,(H,30,33). The van der Waals surface area contributed by atoms with Crippen molar-refractivity contribution in [1.29, 1.82) is 0 Å². The summed E-state index contributed by atoms with van der Waals surface area (Å²) < 4.78 is 25.8. The first kappa shape index (κ1) is 24.5. The van der Waals surface area contributed by atoms with Gasteiger partial charge in [-0.1, -0.05) is 19.1 Å². The largest absolute Gasteiger partial charge is 0.491 e. The highest BCUT2D eigenvalue weighted by molar-refractivity contribution is 5.95. The molecule has 3 aromatic rings. The molecule has 0 aliphatic carbocycles. The van der Waals surface area contributed by atoms with Crippen LogP contribution < -0.4 is 10.2 Å². The van der Waals surface area contributed by atoms with Gasteiger partial charge in [-0.25, -0.2) is 4.39 Å². The SMILES string of the molecule is CCCOc1ccc(F)c2c(=O)c(-c3ccc(C(=O)N4CCC(N5CCOCC5)CC4)cc3)c[nH]c12. The number of nitrogens with zero attached hydrogens (tertiary/aromatic N) is 2. The first-order valence-corrected chi connectivity index (χ1v) is 12.7. The molecule has 36 heavy (non-hydrogen) atoms. The molecule has 190 valence electrons. The number of amides is 1. The van der Waals surface area contributed by atoms with Gasteiger partial charge in [0.05, 0.1) is 30.7 Å². The molecule has 0 spiro atoms. The topological polar surface area (TPSA) is 74.9 Å². The van der Waals surface area contributed by atoms with E-state index in [4.69, 9.17) is 9.47 Å². The summed E-state index contributed by atoms with van der Waals surface area (Å²) in [5.41, 5.74) is 1.50. The number of piperidine rings is 1. The van der Waals surface area contributed by atoms with Crippen molar-refractivity contribution < 1.29 is 18.7 Å². The lowest BCUT2D eigenvalue weighted by molar-refractivity contribution is 0.00159. The van der Waals surface area contributed by atoms with Crippen molar-refractivity contribution in [3.05, 3.63) is 64.2 Å². The Morgan fingerprint density at radius 1 is 1.08 bits per heavy atom. The highest BCUT2D eigenvalue weighted by atomic mass is 19.1. The molecule has 5 rings (SSSR count). The number of halogens is 1. The summed E-state index contributed by atoms with van der Waals surface area (Å²) in [5, 5.41) is -0.0237. The van der Waals surface area contributed by atoms with Crippen molar-refractivity contribution in [3.8, 4) is 16.9 Å². The third-order valence-corrected chi connectivity index (χ3v) is 7.17. The minimum Gasteiger partial charge on any atom is -0.491 e. The number of hydrogen-bond donors (Lipinski definition) is 1. The summed E-state index contributed by atoms with van der Waals surface area (Å²) in [5.74, 6) is -0.141. The van der Waals surface area contributed by atoms with E-state index < -0.39 is 11.2 Å². The molecular formula is C28H32FN3O4. The van der Waals surface area contributed by atoms with Crippen LogP contribution in [0.25, 0.3) is 22.0 Å². The maximum atomic E-state index is 14.6. The second-order valence-electron chi connectivity index (χ2n) is 9.42. The Kier molecular flexibility index (Phi) is 7.34. The molecule has 0 atom stereocenters. The molecule has 2 aliphatic rings. The average molecular weight is 494 g/mol. The van der Waals surface area contributed by atoms with Gasteiger partial charge in [-0.15, -0.1) is 0 Å². The molecule has 0 bridgehead atoms. The Hall–Kier alpha value is -3.23. The number of rotatable bonds is 6. The van der Waals surface area contributed by atoms with Crippen LogP contribution in [0.5, 0.6) is 5.75 Å². The van der Waals surface area contributed by atoms with E-state index in [9.17, 15) is 14.0 Å². The maximum Gasteiger partial charge on any atom is 0.253 e. The Balaban J connectivity index is 1.31. The van der Waals surface area contributed by atoms with Crippen LogP contribution in [0.15, 0.2) is 47.4 Å². The van der Waals surface area contributed by atoms with E-state index in [0.717, 1.165) is 58.7 Å². The van der Waals surface area contributed by atoms with Crippen LogP contribution in [0.4, 0.5) is 4.39 Å². The first-order valence-electron chi connectivity index (χ1n) is 12.7. The third-order valence-electron chi connectivity index (χ3n) is 7.17. The van der Waals surface area contributed by atoms with Gasteiger partial charge in [0.25, 0.3) is 5.91 Å². The monoisotopic (exact) mass is 493 g/mol. The Morgan fingerprint density at radius 2 is 1.81 bits per heavy atom.